The zero-order valence-corrected chi connectivity index (χ0v) is 21.1. The highest BCUT2D eigenvalue weighted by molar-refractivity contribution is 7.13. The molecule has 2 aliphatic rings. The molecule has 0 unspecified atom stereocenters. The van der Waals surface area contributed by atoms with Gasteiger partial charge in [-0.1, -0.05) is 24.3 Å². The first-order valence-electron chi connectivity index (χ1n) is 12.3. The Hall–Kier alpha value is -2.78. The first kappa shape index (κ1) is 23.9. The van der Waals surface area contributed by atoms with E-state index < -0.39 is 0 Å². The van der Waals surface area contributed by atoms with Crippen molar-refractivity contribution in [3.8, 4) is 10.6 Å². The number of aromatic nitrogens is 1. The lowest BCUT2D eigenvalue weighted by Crippen LogP contribution is -2.44. The van der Waals surface area contributed by atoms with Crippen molar-refractivity contribution >= 4 is 28.6 Å². The molecule has 7 nitrogen and oxygen atoms in total. The van der Waals surface area contributed by atoms with Crippen molar-refractivity contribution in [3.05, 3.63) is 65.2 Å². The van der Waals surface area contributed by atoms with Crippen LogP contribution in [-0.4, -0.2) is 80.2 Å². The second-order valence-corrected chi connectivity index (χ2v) is 10.1. The van der Waals surface area contributed by atoms with E-state index in [2.05, 4.69) is 63.5 Å². The summed E-state index contributed by atoms with van der Waals surface area (Å²) in [6, 6.07) is 16.7. The standard InChI is InChI=1S/C27H33N5O2S/c1-30-10-12-32(13-11-30)25-8-6-23(7-9-25)28-26(33)18-24-20-35-27(29-24)22-4-2-21(3-5-22)19-31-14-16-34-17-15-31/h2-9,20H,10-19H2,1H3,(H,28,33). The third kappa shape index (κ3) is 6.46. The molecule has 2 saturated heterocycles. The smallest absolute Gasteiger partial charge is 0.230 e. The highest BCUT2D eigenvalue weighted by atomic mass is 32.1. The Morgan fingerprint density at radius 3 is 2.40 bits per heavy atom. The topological polar surface area (TPSA) is 60.9 Å². The lowest BCUT2D eigenvalue weighted by molar-refractivity contribution is -0.115. The summed E-state index contributed by atoms with van der Waals surface area (Å²) in [4.78, 5) is 24.5. The molecule has 3 aromatic rings. The van der Waals surface area contributed by atoms with Gasteiger partial charge in [0, 0.05) is 68.1 Å². The van der Waals surface area contributed by atoms with Crippen molar-refractivity contribution in [1.82, 2.24) is 14.8 Å². The number of likely N-dealkylation sites (N-methyl/N-ethyl adjacent to an activating group) is 1. The van der Waals surface area contributed by atoms with E-state index in [0.717, 1.165) is 81.0 Å². The van der Waals surface area contributed by atoms with Gasteiger partial charge in [-0.05, 0) is 36.9 Å². The van der Waals surface area contributed by atoms with Crippen LogP contribution < -0.4 is 10.2 Å². The summed E-state index contributed by atoms with van der Waals surface area (Å²) >= 11 is 1.58. The first-order valence-corrected chi connectivity index (χ1v) is 13.2. The number of carbonyl (C=O) groups is 1. The number of carbonyl (C=O) groups excluding carboxylic acids is 1. The number of nitrogens with one attached hydrogen (secondary N) is 1. The summed E-state index contributed by atoms with van der Waals surface area (Å²) in [6.07, 6.45) is 0.270. The molecule has 1 aromatic heterocycles. The number of nitrogens with zero attached hydrogens (tertiary/aromatic N) is 4. The van der Waals surface area contributed by atoms with Gasteiger partial charge in [0.25, 0.3) is 0 Å². The van der Waals surface area contributed by atoms with Crippen LogP contribution in [0.5, 0.6) is 0 Å². The average molecular weight is 492 g/mol. The van der Waals surface area contributed by atoms with Gasteiger partial charge in [0.2, 0.25) is 5.91 Å². The maximum Gasteiger partial charge on any atom is 0.230 e. The van der Waals surface area contributed by atoms with Crippen LogP contribution >= 0.6 is 11.3 Å². The van der Waals surface area contributed by atoms with E-state index in [-0.39, 0.29) is 12.3 Å². The van der Waals surface area contributed by atoms with Gasteiger partial charge in [-0.2, -0.15) is 0 Å². The van der Waals surface area contributed by atoms with E-state index in [9.17, 15) is 4.79 Å². The third-order valence-electron chi connectivity index (χ3n) is 6.62. The summed E-state index contributed by atoms with van der Waals surface area (Å²) in [5, 5.41) is 5.93. The van der Waals surface area contributed by atoms with Crippen molar-refractivity contribution in [1.29, 1.82) is 0 Å². The summed E-state index contributed by atoms with van der Waals surface area (Å²) in [6.45, 7) is 8.77. The number of amides is 1. The van der Waals surface area contributed by atoms with E-state index in [0.29, 0.717) is 0 Å². The largest absolute Gasteiger partial charge is 0.379 e. The molecule has 0 radical (unpaired) electrons. The number of rotatable bonds is 7. The molecule has 5 rings (SSSR count). The number of hydrogen-bond donors (Lipinski definition) is 1. The van der Waals surface area contributed by atoms with E-state index in [4.69, 9.17) is 9.72 Å². The molecule has 0 saturated carbocycles. The Balaban J connectivity index is 1.13. The maximum absolute atomic E-state index is 12.6. The van der Waals surface area contributed by atoms with Crippen molar-refractivity contribution in [2.24, 2.45) is 0 Å². The van der Waals surface area contributed by atoms with Gasteiger partial charge in [0.1, 0.15) is 5.01 Å². The number of ether oxygens (including phenoxy) is 1. The zero-order valence-electron chi connectivity index (χ0n) is 20.3. The molecule has 8 heteroatoms. The van der Waals surface area contributed by atoms with Gasteiger partial charge in [-0.3, -0.25) is 9.69 Å². The van der Waals surface area contributed by atoms with Crippen LogP contribution in [0.1, 0.15) is 11.3 Å². The summed E-state index contributed by atoms with van der Waals surface area (Å²) in [7, 11) is 2.16. The molecule has 3 heterocycles. The fraction of sp³-hybridized carbons (Fsp3) is 0.407. The fourth-order valence-corrected chi connectivity index (χ4v) is 5.31. The number of hydrogen-bond acceptors (Lipinski definition) is 7. The number of piperazine rings is 1. The van der Waals surface area contributed by atoms with Crippen LogP contribution in [0.25, 0.3) is 10.6 Å². The molecule has 2 fully saturated rings. The zero-order chi connectivity index (χ0) is 24.0. The van der Waals surface area contributed by atoms with Crippen molar-refractivity contribution < 1.29 is 9.53 Å². The highest BCUT2D eigenvalue weighted by Crippen LogP contribution is 2.25. The molecule has 0 bridgehead atoms. The molecule has 35 heavy (non-hydrogen) atoms. The Morgan fingerprint density at radius 2 is 1.69 bits per heavy atom. The third-order valence-corrected chi connectivity index (χ3v) is 7.56. The molecule has 0 spiro atoms. The molecular formula is C27H33N5O2S. The second-order valence-electron chi connectivity index (χ2n) is 9.29. The number of anilines is 2. The Bertz CT molecular complexity index is 1100. The van der Waals surface area contributed by atoms with Crippen LogP contribution in [0.4, 0.5) is 11.4 Å². The molecule has 1 N–H and O–H groups in total. The normalized spacial score (nSPS) is 17.5. The van der Waals surface area contributed by atoms with Gasteiger partial charge in [0.05, 0.1) is 25.3 Å². The van der Waals surface area contributed by atoms with Crippen molar-refractivity contribution in [3.63, 3.8) is 0 Å². The number of benzene rings is 2. The van der Waals surface area contributed by atoms with Gasteiger partial charge < -0.3 is 19.9 Å². The summed E-state index contributed by atoms with van der Waals surface area (Å²) in [5.41, 5.74) is 5.21. The summed E-state index contributed by atoms with van der Waals surface area (Å²) in [5.74, 6) is -0.0462. The average Bonchev–Trinajstić information content (AvgIpc) is 3.34. The minimum Gasteiger partial charge on any atom is -0.379 e. The van der Waals surface area contributed by atoms with E-state index in [1.165, 1.54) is 11.3 Å². The van der Waals surface area contributed by atoms with E-state index in [1.54, 1.807) is 11.3 Å². The lowest BCUT2D eigenvalue weighted by Gasteiger charge is -2.34. The van der Waals surface area contributed by atoms with Crippen molar-refractivity contribution in [2.45, 2.75) is 13.0 Å². The maximum atomic E-state index is 12.6. The van der Waals surface area contributed by atoms with Gasteiger partial charge in [0.15, 0.2) is 0 Å². The molecule has 184 valence electrons. The van der Waals surface area contributed by atoms with Crippen LogP contribution in [0.15, 0.2) is 53.9 Å². The SMILES string of the molecule is CN1CCN(c2ccc(NC(=O)Cc3csc(-c4ccc(CN5CCOCC5)cc4)n3)cc2)CC1. The highest BCUT2D eigenvalue weighted by Gasteiger charge is 2.15. The first-order chi connectivity index (χ1) is 17.1. The monoisotopic (exact) mass is 491 g/mol. The van der Waals surface area contributed by atoms with Gasteiger partial charge >= 0.3 is 0 Å². The second kappa shape index (κ2) is 11.3. The molecule has 2 aromatic carbocycles. The van der Waals surface area contributed by atoms with Gasteiger partial charge in [-0.25, -0.2) is 4.98 Å². The van der Waals surface area contributed by atoms with Crippen LogP contribution in [0.2, 0.25) is 0 Å². The Kier molecular flexibility index (Phi) is 7.73. The fourth-order valence-electron chi connectivity index (χ4n) is 4.48. The Labute approximate surface area is 211 Å². The summed E-state index contributed by atoms with van der Waals surface area (Å²) < 4.78 is 5.43. The molecule has 1 amide bonds. The lowest BCUT2D eigenvalue weighted by atomic mass is 10.1. The van der Waals surface area contributed by atoms with E-state index in [1.807, 2.05) is 17.5 Å². The Morgan fingerprint density at radius 1 is 0.971 bits per heavy atom. The van der Waals surface area contributed by atoms with E-state index >= 15 is 0 Å². The quantitative estimate of drug-likeness (QED) is 0.545. The molecule has 0 atom stereocenters. The molecule has 2 aliphatic heterocycles. The molecule has 0 aliphatic carbocycles. The van der Waals surface area contributed by atoms with Crippen LogP contribution in [0, 0.1) is 0 Å². The van der Waals surface area contributed by atoms with Crippen LogP contribution in [0.3, 0.4) is 0 Å². The number of morpholine rings is 1. The predicted molar refractivity (Wildman–Crippen MR) is 142 cm³/mol. The predicted octanol–water partition coefficient (Wildman–Crippen LogP) is 3.58. The van der Waals surface area contributed by atoms with Gasteiger partial charge in [-0.15, -0.1) is 11.3 Å². The van der Waals surface area contributed by atoms with Crippen LogP contribution in [-0.2, 0) is 22.5 Å². The minimum atomic E-state index is -0.0462. The molecular weight excluding hydrogens is 458 g/mol. The minimum absolute atomic E-state index is 0.0462. The van der Waals surface area contributed by atoms with Crippen molar-refractivity contribution in [2.75, 3.05) is 69.7 Å². The number of thiazole rings is 1.